The van der Waals surface area contributed by atoms with Crippen molar-refractivity contribution >= 4 is 18.3 Å². The number of hydrogen-bond acceptors (Lipinski definition) is 3. The summed E-state index contributed by atoms with van der Waals surface area (Å²) in [5.74, 6) is -0.787. The van der Waals surface area contributed by atoms with Crippen molar-refractivity contribution in [1.82, 2.24) is 0 Å². The minimum atomic E-state index is -0.407. The van der Waals surface area contributed by atoms with E-state index < -0.39 is 5.91 Å². The SMILES string of the molecule is NC(=O)C1C=NN=C1. The third kappa shape index (κ3) is 0.726. The fourth-order valence-corrected chi connectivity index (χ4v) is 0.406. The van der Waals surface area contributed by atoms with E-state index in [2.05, 4.69) is 10.2 Å². The molecule has 0 saturated heterocycles. The minimum Gasteiger partial charge on any atom is -0.369 e. The first-order chi connectivity index (χ1) is 3.80. The first-order valence-electron chi connectivity index (χ1n) is 2.16. The van der Waals surface area contributed by atoms with Crippen LogP contribution in [0.3, 0.4) is 0 Å². The van der Waals surface area contributed by atoms with Gasteiger partial charge in [-0.05, 0) is 0 Å². The van der Waals surface area contributed by atoms with Gasteiger partial charge < -0.3 is 5.73 Å². The molecule has 0 saturated carbocycles. The van der Waals surface area contributed by atoms with Crippen molar-refractivity contribution in [1.29, 1.82) is 0 Å². The van der Waals surface area contributed by atoms with E-state index in [1.807, 2.05) is 0 Å². The molecule has 1 aliphatic heterocycles. The quantitative estimate of drug-likeness (QED) is 0.471. The van der Waals surface area contributed by atoms with E-state index in [1.165, 1.54) is 12.4 Å². The molecule has 0 atom stereocenters. The van der Waals surface area contributed by atoms with E-state index in [0.29, 0.717) is 0 Å². The lowest BCUT2D eigenvalue weighted by atomic mass is 10.2. The van der Waals surface area contributed by atoms with Crippen molar-refractivity contribution in [3.05, 3.63) is 0 Å². The number of primary amides is 1. The largest absolute Gasteiger partial charge is 0.369 e. The second-order valence-corrected chi connectivity index (χ2v) is 1.46. The number of carbonyl (C=O) groups excluding carboxylic acids is 1. The molecule has 0 bridgehead atoms. The fourth-order valence-electron chi connectivity index (χ4n) is 0.406. The maximum Gasteiger partial charge on any atom is 0.231 e. The molecule has 8 heavy (non-hydrogen) atoms. The lowest BCUT2D eigenvalue weighted by molar-refractivity contribution is -0.118. The number of amides is 1. The van der Waals surface area contributed by atoms with Crippen LogP contribution in [0.4, 0.5) is 0 Å². The summed E-state index contributed by atoms with van der Waals surface area (Å²) in [5.41, 5.74) is 4.88. The van der Waals surface area contributed by atoms with Gasteiger partial charge in [-0.25, -0.2) is 0 Å². The molecule has 0 aromatic rings. The zero-order chi connectivity index (χ0) is 5.98. The molecule has 0 aliphatic carbocycles. The molecule has 1 heterocycles. The van der Waals surface area contributed by atoms with E-state index in [4.69, 9.17) is 5.73 Å². The molecule has 42 valence electrons. The molecular formula is C4H5N3O. The van der Waals surface area contributed by atoms with Crippen molar-refractivity contribution in [2.24, 2.45) is 21.9 Å². The Bertz CT molecular complexity index is 149. The maximum atomic E-state index is 10.2. The van der Waals surface area contributed by atoms with E-state index >= 15 is 0 Å². The number of nitrogens with two attached hydrogens (primary N) is 1. The van der Waals surface area contributed by atoms with Crippen LogP contribution in [0, 0.1) is 5.92 Å². The highest BCUT2D eigenvalue weighted by molar-refractivity contribution is 6.08. The predicted molar refractivity (Wildman–Crippen MR) is 29.7 cm³/mol. The Morgan fingerprint density at radius 1 is 1.50 bits per heavy atom. The molecule has 1 aliphatic rings. The fraction of sp³-hybridized carbons (Fsp3) is 0.250. The number of carbonyl (C=O) groups is 1. The standard InChI is InChI=1S/C4H5N3O/c5-4(8)3-1-6-7-2-3/h1-3H,(H2,5,8). The van der Waals surface area contributed by atoms with Gasteiger partial charge in [-0.2, -0.15) is 10.2 Å². The van der Waals surface area contributed by atoms with Crippen LogP contribution in [0.15, 0.2) is 10.2 Å². The summed E-state index contributed by atoms with van der Waals surface area (Å²) in [6, 6.07) is 0. The molecule has 0 unspecified atom stereocenters. The Labute approximate surface area is 46.1 Å². The Kier molecular flexibility index (Phi) is 1.07. The van der Waals surface area contributed by atoms with E-state index in [9.17, 15) is 4.79 Å². The van der Waals surface area contributed by atoms with Gasteiger partial charge in [-0.3, -0.25) is 4.79 Å². The zero-order valence-electron chi connectivity index (χ0n) is 4.11. The van der Waals surface area contributed by atoms with Gasteiger partial charge in [0.1, 0.15) is 5.92 Å². The average molecular weight is 111 g/mol. The molecule has 1 amide bonds. The van der Waals surface area contributed by atoms with Crippen LogP contribution in [0.2, 0.25) is 0 Å². The van der Waals surface area contributed by atoms with Crippen LogP contribution in [0.1, 0.15) is 0 Å². The van der Waals surface area contributed by atoms with Crippen molar-refractivity contribution in [2.75, 3.05) is 0 Å². The molecule has 0 spiro atoms. The van der Waals surface area contributed by atoms with Crippen molar-refractivity contribution in [3.63, 3.8) is 0 Å². The molecule has 1 rings (SSSR count). The second kappa shape index (κ2) is 1.73. The summed E-state index contributed by atoms with van der Waals surface area (Å²) in [6.45, 7) is 0. The molecule has 0 aromatic carbocycles. The summed E-state index contributed by atoms with van der Waals surface area (Å²) in [4.78, 5) is 10.2. The molecular weight excluding hydrogens is 106 g/mol. The monoisotopic (exact) mass is 111 g/mol. The summed E-state index contributed by atoms with van der Waals surface area (Å²) in [7, 11) is 0. The summed E-state index contributed by atoms with van der Waals surface area (Å²) in [6.07, 6.45) is 2.81. The van der Waals surface area contributed by atoms with Gasteiger partial charge >= 0.3 is 0 Å². The summed E-state index contributed by atoms with van der Waals surface area (Å²) >= 11 is 0. The average Bonchev–Trinajstić information content (AvgIpc) is 2.12. The first-order valence-corrected chi connectivity index (χ1v) is 2.16. The van der Waals surface area contributed by atoms with Crippen LogP contribution in [-0.2, 0) is 4.79 Å². The van der Waals surface area contributed by atoms with E-state index in [0.717, 1.165) is 0 Å². The highest BCUT2D eigenvalue weighted by atomic mass is 16.1. The zero-order valence-corrected chi connectivity index (χ0v) is 4.11. The maximum absolute atomic E-state index is 10.2. The molecule has 2 N–H and O–H groups in total. The lowest BCUT2D eigenvalue weighted by Gasteiger charge is -1.89. The van der Waals surface area contributed by atoms with Crippen molar-refractivity contribution in [3.8, 4) is 0 Å². The van der Waals surface area contributed by atoms with Gasteiger partial charge in [-0.15, -0.1) is 0 Å². The van der Waals surface area contributed by atoms with E-state index in [-0.39, 0.29) is 5.92 Å². The molecule has 0 radical (unpaired) electrons. The molecule has 0 aromatic heterocycles. The van der Waals surface area contributed by atoms with Crippen LogP contribution in [0.5, 0.6) is 0 Å². The van der Waals surface area contributed by atoms with Gasteiger partial charge in [0.2, 0.25) is 5.91 Å². The van der Waals surface area contributed by atoms with E-state index in [1.54, 1.807) is 0 Å². The third-order valence-corrected chi connectivity index (χ3v) is 0.850. The highest BCUT2D eigenvalue weighted by Crippen LogP contribution is 1.93. The number of hydrogen-bond donors (Lipinski definition) is 1. The molecule has 4 nitrogen and oxygen atoms in total. The van der Waals surface area contributed by atoms with Crippen LogP contribution >= 0.6 is 0 Å². The predicted octanol–water partition coefficient (Wildman–Crippen LogP) is -0.842. The summed E-state index contributed by atoms with van der Waals surface area (Å²) < 4.78 is 0. The Balaban J connectivity index is 2.62. The van der Waals surface area contributed by atoms with Gasteiger partial charge in [0.15, 0.2) is 0 Å². The second-order valence-electron chi connectivity index (χ2n) is 1.46. The number of nitrogens with zero attached hydrogens (tertiary/aromatic N) is 2. The molecule has 4 heteroatoms. The van der Waals surface area contributed by atoms with Crippen molar-refractivity contribution in [2.45, 2.75) is 0 Å². The smallest absolute Gasteiger partial charge is 0.231 e. The molecule has 0 fully saturated rings. The third-order valence-electron chi connectivity index (χ3n) is 0.850. The topological polar surface area (TPSA) is 67.8 Å². The Hall–Kier alpha value is -1.19. The van der Waals surface area contributed by atoms with Crippen LogP contribution < -0.4 is 5.73 Å². The normalized spacial score (nSPS) is 17.5. The lowest BCUT2D eigenvalue weighted by Crippen LogP contribution is -2.23. The van der Waals surface area contributed by atoms with Gasteiger partial charge in [0.25, 0.3) is 0 Å². The Morgan fingerprint density at radius 2 is 2.00 bits per heavy atom. The highest BCUT2D eigenvalue weighted by Gasteiger charge is 2.11. The summed E-state index contributed by atoms with van der Waals surface area (Å²) in [5, 5.41) is 6.86. The number of rotatable bonds is 1. The van der Waals surface area contributed by atoms with Crippen LogP contribution in [-0.4, -0.2) is 18.3 Å². The minimum absolute atomic E-state index is 0.380. The van der Waals surface area contributed by atoms with Crippen molar-refractivity contribution < 1.29 is 4.79 Å². The van der Waals surface area contributed by atoms with Gasteiger partial charge in [-0.1, -0.05) is 0 Å². The van der Waals surface area contributed by atoms with Gasteiger partial charge in [0.05, 0.1) is 0 Å². The van der Waals surface area contributed by atoms with Gasteiger partial charge in [0, 0.05) is 12.4 Å². The Morgan fingerprint density at radius 3 is 2.25 bits per heavy atom. The van der Waals surface area contributed by atoms with Crippen LogP contribution in [0.25, 0.3) is 0 Å². The first kappa shape index (κ1) is 4.96.